The summed E-state index contributed by atoms with van der Waals surface area (Å²) in [4.78, 5) is 29.0. The van der Waals surface area contributed by atoms with Crippen LogP contribution in [0.5, 0.6) is 0 Å². The predicted octanol–water partition coefficient (Wildman–Crippen LogP) is 6.02. The lowest BCUT2D eigenvalue weighted by atomic mass is 9.95. The minimum absolute atomic E-state index is 0.0268. The fraction of sp³-hybridized carbons (Fsp3) is 0.250. The second-order valence-corrected chi connectivity index (χ2v) is 10.3. The second-order valence-electron chi connectivity index (χ2n) is 7.09. The predicted molar refractivity (Wildman–Crippen MR) is 117 cm³/mol. The van der Waals surface area contributed by atoms with Gasteiger partial charge in [0.1, 0.15) is 0 Å². The molecular weight excluding hydrogens is 444 g/mol. The average molecular weight is 463 g/mol. The largest absolute Gasteiger partial charge is 0.326 e. The number of rotatable bonds is 5. The number of hydrogen-bond acceptors (Lipinski definition) is 5. The van der Waals surface area contributed by atoms with Crippen molar-refractivity contribution in [2.75, 3.05) is 11.1 Å². The summed E-state index contributed by atoms with van der Waals surface area (Å²) in [7, 11) is 0. The summed E-state index contributed by atoms with van der Waals surface area (Å²) in [5.74, 6) is 0.390. The maximum absolute atomic E-state index is 12.3. The fourth-order valence-corrected chi connectivity index (χ4v) is 4.47. The lowest BCUT2D eigenvalue weighted by Gasteiger charge is -2.17. The number of nitrogens with zero attached hydrogens (tertiary/aromatic N) is 1. The van der Waals surface area contributed by atoms with E-state index in [1.165, 1.54) is 23.1 Å². The Morgan fingerprint density at radius 1 is 1.15 bits per heavy atom. The Labute approximate surface area is 174 Å². The molecule has 0 unspecified atom stereocenters. The van der Waals surface area contributed by atoms with Crippen LogP contribution in [0.25, 0.3) is 10.2 Å². The molecular formula is C20H19BrN2O2S2. The molecule has 0 radical (unpaired) electrons. The molecule has 2 aromatic carbocycles. The Morgan fingerprint density at radius 2 is 1.85 bits per heavy atom. The molecule has 1 heterocycles. The standard InChI is InChI=1S/C20H19BrN2O2S2/c1-20(2,3)18(25)22-14-8-9-15-17(10-14)27-19(23-15)26-11-16(24)12-4-6-13(21)7-5-12/h4-10H,11H2,1-3H3,(H,22,25). The van der Waals surface area contributed by atoms with E-state index in [4.69, 9.17) is 0 Å². The molecule has 0 saturated heterocycles. The van der Waals surface area contributed by atoms with Gasteiger partial charge in [-0.1, -0.05) is 60.6 Å². The van der Waals surface area contributed by atoms with Crippen LogP contribution in [-0.4, -0.2) is 22.4 Å². The number of ketones is 1. The number of nitrogens with one attached hydrogen (secondary N) is 1. The quantitative estimate of drug-likeness (QED) is 0.372. The van der Waals surface area contributed by atoms with E-state index in [1.54, 1.807) is 0 Å². The van der Waals surface area contributed by atoms with Crippen LogP contribution in [-0.2, 0) is 4.79 Å². The monoisotopic (exact) mass is 462 g/mol. The number of Topliss-reactive ketones (excluding diaryl/α,β-unsaturated/α-hetero) is 1. The molecule has 1 amide bonds. The SMILES string of the molecule is CC(C)(C)C(=O)Nc1ccc2nc(SCC(=O)c3ccc(Br)cc3)sc2c1. The third kappa shape index (κ3) is 5.18. The second kappa shape index (κ2) is 8.12. The summed E-state index contributed by atoms with van der Waals surface area (Å²) in [6, 6.07) is 13.0. The molecule has 1 aromatic heterocycles. The Morgan fingerprint density at radius 3 is 2.52 bits per heavy atom. The van der Waals surface area contributed by atoms with E-state index < -0.39 is 5.41 Å². The van der Waals surface area contributed by atoms with Crippen molar-refractivity contribution >= 4 is 66.6 Å². The molecule has 140 valence electrons. The van der Waals surface area contributed by atoms with Crippen molar-refractivity contribution in [3.8, 4) is 0 Å². The highest BCUT2D eigenvalue weighted by atomic mass is 79.9. The molecule has 4 nitrogen and oxygen atoms in total. The first-order chi connectivity index (χ1) is 12.7. The van der Waals surface area contributed by atoms with E-state index in [0.717, 1.165) is 24.7 Å². The third-order valence-electron chi connectivity index (χ3n) is 3.80. The number of fused-ring (bicyclic) bond motifs is 1. The number of anilines is 1. The van der Waals surface area contributed by atoms with Gasteiger partial charge in [0.2, 0.25) is 5.91 Å². The number of carbonyl (C=O) groups is 2. The van der Waals surface area contributed by atoms with Gasteiger partial charge in [-0.15, -0.1) is 11.3 Å². The minimum atomic E-state index is -0.447. The summed E-state index contributed by atoms with van der Waals surface area (Å²) in [6.45, 7) is 5.64. The number of halogens is 1. The van der Waals surface area contributed by atoms with Gasteiger partial charge in [-0.05, 0) is 30.3 Å². The van der Waals surface area contributed by atoms with Crippen LogP contribution >= 0.6 is 39.0 Å². The van der Waals surface area contributed by atoms with Crippen LogP contribution < -0.4 is 5.32 Å². The smallest absolute Gasteiger partial charge is 0.229 e. The van der Waals surface area contributed by atoms with Crippen molar-refractivity contribution < 1.29 is 9.59 Å². The molecule has 0 aliphatic rings. The zero-order chi connectivity index (χ0) is 19.6. The van der Waals surface area contributed by atoms with E-state index in [0.29, 0.717) is 11.3 Å². The zero-order valence-corrected chi connectivity index (χ0v) is 18.4. The lowest BCUT2D eigenvalue weighted by Crippen LogP contribution is -2.27. The normalized spacial score (nSPS) is 11.6. The molecule has 27 heavy (non-hydrogen) atoms. The van der Waals surface area contributed by atoms with E-state index in [9.17, 15) is 9.59 Å². The molecule has 0 aliphatic carbocycles. The van der Waals surface area contributed by atoms with Crippen molar-refractivity contribution in [1.82, 2.24) is 4.98 Å². The highest BCUT2D eigenvalue weighted by Gasteiger charge is 2.21. The number of thioether (sulfide) groups is 1. The molecule has 0 aliphatic heterocycles. The molecule has 0 spiro atoms. The first kappa shape index (κ1) is 20.0. The number of carbonyl (C=O) groups excluding carboxylic acids is 2. The van der Waals surface area contributed by atoms with Crippen molar-refractivity contribution in [3.05, 3.63) is 52.5 Å². The summed E-state index contributed by atoms with van der Waals surface area (Å²) < 4.78 is 2.78. The van der Waals surface area contributed by atoms with Crippen LogP contribution in [0.4, 0.5) is 5.69 Å². The van der Waals surface area contributed by atoms with E-state index in [-0.39, 0.29) is 11.7 Å². The maximum atomic E-state index is 12.3. The molecule has 0 saturated carbocycles. The average Bonchev–Trinajstić information content (AvgIpc) is 3.01. The van der Waals surface area contributed by atoms with Crippen LogP contribution in [0.15, 0.2) is 51.3 Å². The Hall–Kier alpha value is -1.70. The van der Waals surface area contributed by atoms with E-state index in [1.807, 2.05) is 63.2 Å². The first-order valence-electron chi connectivity index (χ1n) is 8.36. The Bertz CT molecular complexity index is 991. The van der Waals surface area contributed by atoms with Gasteiger partial charge in [-0.3, -0.25) is 9.59 Å². The van der Waals surface area contributed by atoms with Crippen molar-refractivity contribution in [2.24, 2.45) is 5.41 Å². The van der Waals surface area contributed by atoms with Gasteiger partial charge in [0, 0.05) is 21.1 Å². The van der Waals surface area contributed by atoms with Crippen LogP contribution in [0.1, 0.15) is 31.1 Å². The number of aromatic nitrogens is 1. The molecule has 1 N–H and O–H groups in total. The molecule has 3 rings (SSSR count). The molecule has 0 atom stereocenters. The van der Waals surface area contributed by atoms with E-state index in [2.05, 4.69) is 26.2 Å². The number of thiazole rings is 1. The number of amides is 1. The molecule has 0 fully saturated rings. The molecule has 3 aromatic rings. The van der Waals surface area contributed by atoms with Crippen molar-refractivity contribution in [3.63, 3.8) is 0 Å². The summed E-state index contributed by atoms with van der Waals surface area (Å²) >= 11 is 6.33. The van der Waals surface area contributed by atoms with Gasteiger partial charge in [0.25, 0.3) is 0 Å². The minimum Gasteiger partial charge on any atom is -0.326 e. The zero-order valence-electron chi connectivity index (χ0n) is 15.2. The summed E-state index contributed by atoms with van der Waals surface area (Å²) in [5, 5.41) is 2.93. The topological polar surface area (TPSA) is 59.1 Å². The molecule has 0 bridgehead atoms. The maximum Gasteiger partial charge on any atom is 0.229 e. The number of hydrogen-bond donors (Lipinski definition) is 1. The van der Waals surface area contributed by atoms with Gasteiger partial charge in [-0.2, -0.15) is 0 Å². The van der Waals surface area contributed by atoms with Gasteiger partial charge in [-0.25, -0.2) is 4.98 Å². The fourth-order valence-electron chi connectivity index (χ4n) is 2.21. The lowest BCUT2D eigenvalue weighted by molar-refractivity contribution is -0.123. The molecule has 7 heteroatoms. The van der Waals surface area contributed by atoms with E-state index >= 15 is 0 Å². The van der Waals surface area contributed by atoms with Gasteiger partial charge < -0.3 is 5.32 Å². The van der Waals surface area contributed by atoms with Crippen LogP contribution in [0.2, 0.25) is 0 Å². The van der Waals surface area contributed by atoms with Crippen LogP contribution in [0.3, 0.4) is 0 Å². The Balaban J connectivity index is 1.68. The van der Waals surface area contributed by atoms with Gasteiger partial charge >= 0.3 is 0 Å². The van der Waals surface area contributed by atoms with Gasteiger partial charge in [0.05, 0.1) is 16.0 Å². The summed E-state index contributed by atoms with van der Waals surface area (Å²) in [6.07, 6.45) is 0. The first-order valence-corrected chi connectivity index (χ1v) is 11.0. The van der Waals surface area contributed by atoms with Crippen molar-refractivity contribution in [2.45, 2.75) is 25.1 Å². The highest BCUT2D eigenvalue weighted by Crippen LogP contribution is 2.32. The Kier molecular flexibility index (Phi) is 6.03. The highest BCUT2D eigenvalue weighted by molar-refractivity contribution is 9.10. The number of benzene rings is 2. The third-order valence-corrected chi connectivity index (χ3v) is 6.49. The van der Waals surface area contributed by atoms with Gasteiger partial charge in [0.15, 0.2) is 10.1 Å². The van der Waals surface area contributed by atoms with Crippen molar-refractivity contribution in [1.29, 1.82) is 0 Å². The summed E-state index contributed by atoms with van der Waals surface area (Å²) in [5.41, 5.74) is 1.87. The van der Waals surface area contributed by atoms with Crippen LogP contribution in [0, 0.1) is 5.41 Å².